The molecular formula is C18H26N2O2. The monoisotopic (exact) mass is 302 g/mol. The lowest BCUT2D eigenvalue weighted by Gasteiger charge is -2.41. The molecule has 2 fully saturated rings. The zero-order chi connectivity index (χ0) is 14.8. The highest BCUT2D eigenvalue weighted by Crippen LogP contribution is 2.38. The summed E-state index contributed by atoms with van der Waals surface area (Å²) in [6.07, 6.45) is 3.43. The Hall–Kier alpha value is -1.10. The highest BCUT2D eigenvalue weighted by Gasteiger charge is 2.31. The summed E-state index contributed by atoms with van der Waals surface area (Å²) in [5.41, 5.74) is 2.88. The molecule has 2 saturated heterocycles. The SMILES string of the molecule is c1cc2c(cc1[C@H](C1CCOCC1)N1CCNCC1)CCO2. The van der Waals surface area contributed by atoms with E-state index in [4.69, 9.17) is 9.47 Å². The van der Waals surface area contributed by atoms with Crippen molar-refractivity contribution in [1.82, 2.24) is 10.2 Å². The third-order valence-electron chi connectivity index (χ3n) is 5.31. The first-order valence-electron chi connectivity index (χ1n) is 8.70. The van der Waals surface area contributed by atoms with Gasteiger partial charge in [0, 0.05) is 51.9 Å². The number of nitrogens with one attached hydrogen (secondary N) is 1. The van der Waals surface area contributed by atoms with Crippen molar-refractivity contribution in [1.29, 1.82) is 0 Å². The van der Waals surface area contributed by atoms with Crippen LogP contribution in [0.15, 0.2) is 18.2 Å². The largest absolute Gasteiger partial charge is 0.493 e. The topological polar surface area (TPSA) is 33.7 Å². The zero-order valence-electron chi connectivity index (χ0n) is 13.2. The smallest absolute Gasteiger partial charge is 0.122 e. The highest BCUT2D eigenvalue weighted by molar-refractivity contribution is 5.41. The summed E-state index contributed by atoms with van der Waals surface area (Å²) in [6.45, 7) is 7.18. The average Bonchev–Trinajstić information content (AvgIpc) is 3.05. The lowest BCUT2D eigenvalue weighted by Crippen LogP contribution is -2.47. The van der Waals surface area contributed by atoms with Crippen LogP contribution in [0, 0.1) is 5.92 Å². The summed E-state index contributed by atoms with van der Waals surface area (Å²) in [6, 6.07) is 7.43. The van der Waals surface area contributed by atoms with Crippen molar-refractivity contribution in [2.24, 2.45) is 5.92 Å². The van der Waals surface area contributed by atoms with E-state index in [0.29, 0.717) is 12.0 Å². The first-order chi connectivity index (χ1) is 10.9. The molecule has 4 rings (SSSR count). The van der Waals surface area contributed by atoms with Gasteiger partial charge in [-0.2, -0.15) is 0 Å². The van der Waals surface area contributed by atoms with Crippen molar-refractivity contribution in [2.45, 2.75) is 25.3 Å². The molecule has 1 atom stereocenters. The Kier molecular flexibility index (Phi) is 4.33. The van der Waals surface area contributed by atoms with E-state index >= 15 is 0 Å². The van der Waals surface area contributed by atoms with E-state index in [1.165, 1.54) is 24.0 Å². The van der Waals surface area contributed by atoms with Crippen LogP contribution in [-0.4, -0.2) is 50.9 Å². The molecule has 1 aromatic rings. The molecule has 22 heavy (non-hydrogen) atoms. The van der Waals surface area contributed by atoms with Gasteiger partial charge in [-0.25, -0.2) is 0 Å². The Labute approximate surface area is 132 Å². The summed E-state index contributed by atoms with van der Waals surface area (Å²) in [5.74, 6) is 1.81. The van der Waals surface area contributed by atoms with Crippen molar-refractivity contribution in [3.8, 4) is 5.75 Å². The van der Waals surface area contributed by atoms with Gasteiger partial charge in [0.25, 0.3) is 0 Å². The number of piperazine rings is 1. The van der Waals surface area contributed by atoms with Crippen LogP contribution in [0.2, 0.25) is 0 Å². The number of hydrogen-bond donors (Lipinski definition) is 1. The molecule has 1 N–H and O–H groups in total. The quantitative estimate of drug-likeness (QED) is 0.926. The predicted octanol–water partition coefficient (Wildman–Crippen LogP) is 1.99. The van der Waals surface area contributed by atoms with Crippen LogP contribution in [0.4, 0.5) is 0 Å². The Morgan fingerprint density at radius 3 is 2.73 bits per heavy atom. The van der Waals surface area contributed by atoms with E-state index in [0.717, 1.165) is 58.2 Å². The Morgan fingerprint density at radius 2 is 1.91 bits per heavy atom. The number of benzene rings is 1. The molecule has 0 aromatic heterocycles. The van der Waals surface area contributed by atoms with Crippen LogP contribution in [0.1, 0.15) is 30.0 Å². The molecule has 120 valence electrons. The molecule has 0 bridgehead atoms. The maximum Gasteiger partial charge on any atom is 0.122 e. The molecule has 4 heteroatoms. The van der Waals surface area contributed by atoms with Gasteiger partial charge in [0.15, 0.2) is 0 Å². The van der Waals surface area contributed by atoms with Crippen LogP contribution < -0.4 is 10.1 Å². The molecule has 3 aliphatic heterocycles. The van der Waals surface area contributed by atoms with Crippen molar-refractivity contribution >= 4 is 0 Å². The van der Waals surface area contributed by atoms with Gasteiger partial charge in [0.1, 0.15) is 5.75 Å². The van der Waals surface area contributed by atoms with Crippen LogP contribution in [0.25, 0.3) is 0 Å². The summed E-state index contributed by atoms with van der Waals surface area (Å²) >= 11 is 0. The molecule has 4 nitrogen and oxygen atoms in total. The second kappa shape index (κ2) is 6.57. The summed E-state index contributed by atoms with van der Waals surface area (Å²) < 4.78 is 11.3. The van der Waals surface area contributed by atoms with E-state index in [-0.39, 0.29) is 0 Å². The summed E-state index contributed by atoms with van der Waals surface area (Å²) in [7, 11) is 0. The Bertz CT molecular complexity index is 490. The van der Waals surface area contributed by atoms with Crippen LogP contribution in [0.5, 0.6) is 5.75 Å². The molecule has 0 radical (unpaired) electrons. The molecule has 3 heterocycles. The third kappa shape index (κ3) is 2.87. The highest BCUT2D eigenvalue weighted by atomic mass is 16.5. The normalized spacial score (nSPS) is 24.7. The molecule has 0 saturated carbocycles. The lowest BCUT2D eigenvalue weighted by atomic mass is 9.85. The number of ether oxygens (including phenoxy) is 2. The van der Waals surface area contributed by atoms with E-state index in [9.17, 15) is 0 Å². The van der Waals surface area contributed by atoms with Crippen LogP contribution >= 0.6 is 0 Å². The van der Waals surface area contributed by atoms with E-state index in [1.807, 2.05) is 0 Å². The summed E-state index contributed by atoms with van der Waals surface area (Å²) in [5, 5.41) is 3.48. The number of rotatable bonds is 3. The van der Waals surface area contributed by atoms with Gasteiger partial charge >= 0.3 is 0 Å². The number of fused-ring (bicyclic) bond motifs is 1. The second-order valence-electron chi connectivity index (χ2n) is 6.65. The van der Waals surface area contributed by atoms with E-state index in [1.54, 1.807) is 0 Å². The van der Waals surface area contributed by atoms with Crippen LogP contribution in [0.3, 0.4) is 0 Å². The van der Waals surface area contributed by atoms with Crippen molar-refractivity contribution < 1.29 is 9.47 Å². The molecule has 0 spiro atoms. The molecule has 0 unspecified atom stereocenters. The third-order valence-corrected chi connectivity index (χ3v) is 5.31. The maximum absolute atomic E-state index is 5.68. The summed E-state index contributed by atoms with van der Waals surface area (Å²) in [4.78, 5) is 2.68. The van der Waals surface area contributed by atoms with E-state index in [2.05, 4.69) is 28.4 Å². The van der Waals surface area contributed by atoms with Crippen molar-refractivity contribution in [3.05, 3.63) is 29.3 Å². The predicted molar refractivity (Wildman–Crippen MR) is 86.4 cm³/mol. The fraction of sp³-hybridized carbons (Fsp3) is 0.667. The van der Waals surface area contributed by atoms with E-state index < -0.39 is 0 Å². The molecule has 0 amide bonds. The number of hydrogen-bond acceptors (Lipinski definition) is 4. The molecular weight excluding hydrogens is 276 g/mol. The Morgan fingerprint density at radius 1 is 1.09 bits per heavy atom. The van der Waals surface area contributed by atoms with Crippen LogP contribution in [-0.2, 0) is 11.2 Å². The molecule has 3 aliphatic rings. The van der Waals surface area contributed by atoms with Gasteiger partial charge in [-0.3, -0.25) is 4.90 Å². The van der Waals surface area contributed by atoms with Gasteiger partial charge in [-0.15, -0.1) is 0 Å². The second-order valence-corrected chi connectivity index (χ2v) is 6.65. The van der Waals surface area contributed by atoms with Gasteiger partial charge in [0.05, 0.1) is 6.61 Å². The van der Waals surface area contributed by atoms with Gasteiger partial charge in [-0.1, -0.05) is 12.1 Å². The average molecular weight is 302 g/mol. The van der Waals surface area contributed by atoms with Gasteiger partial charge in [-0.05, 0) is 36.0 Å². The zero-order valence-corrected chi connectivity index (χ0v) is 13.2. The first-order valence-corrected chi connectivity index (χ1v) is 8.70. The van der Waals surface area contributed by atoms with Crippen molar-refractivity contribution in [3.63, 3.8) is 0 Å². The fourth-order valence-electron chi connectivity index (χ4n) is 4.16. The number of nitrogens with zero attached hydrogens (tertiary/aromatic N) is 1. The lowest BCUT2D eigenvalue weighted by molar-refractivity contribution is 0.0213. The van der Waals surface area contributed by atoms with Gasteiger partial charge < -0.3 is 14.8 Å². The minimum absolute atomic E-state index is 0.539. The van der Waals surface area contributed by atoms with Crippen molar-refractivity contribution in [2.75, 3.05) is 46.0 Å². The molecule has 1 aromatic carbocycles. The Balaban J connectivity index is 1.63. The maximum atomic E-state index is 5.68. The van der Waals surface area contributed by atoms with Gasteiger partial charge in [0.2, 0.25) is 0 Å². The molecule has 0 aliphatic carbocycles. The minimum atomic E-state index is 0.539. The standard InChI is InChI=1S/C18H26N2O2/c1-2-17-15(5-12-22-17)13-16(1)18(14-3-10-21-11-4-14)20-8-6-19-7-9-20/h1-2,13-14,18-19H,3-12H2/t18-/m0/s1. The minimum Gasteiger partial charge on any atom is -0.493 e. The first kappa shape index (κ1) is 14.5. The fourth-order valence-corrected chi connectivity index (χ4v) is 4.16.